The van der Waals surface area contributed by atoms with Crippen LogP contribution in [0.5, 0.6) is 0 Å². The first-order valence-electron chi connectivity index (χ1n) is 10.6. The maximum absolute atomic E-state index is 6.73. The number of nitrogens with two attached hydrogens (primary N) is 2. The number of aryl methyl sites for hydroxylation is 3. The monoisotopic (exact) mass is 417 g/mol. The lowest BCUT2D eigenvalue weighted by Gasteiger charge is -2.34. The lowest BCUT2D eigenvalue weighted by molar-refractivity contribution is 0.264. The summed E-state index contributed by atoms with van der Waals surface area (Å²) in [5.41, 5.74) is 18.7. The van der Waals surface area contributed by atoms with Crippen molar-refractivity contribution in [3.05, 3.63) is 53.6 Å². The molecular formula is C23H27N7O. The molecule has 0 atom stereocenters. The van der Waals surface area contributed by atoms with Crippen molar-refractivity contribution in [2.24, 2.45) is 11.5 Å². The number of hydrogen-bond donors (Lipinski definition) is 2. The lowest BCUT2D eigenvalue weighted by atomic mass is 9.79. The number of hydrogen-bond acceptors (Lipinski definition) is 7. The molecule has 1 saturated carbocycles. The minimum atomic E-state index is -0.541. The lowest BCUT2D eigenvalue weighted by Crippen LogP contribution is -2.45. The molecule has 0 unspecified atom stereocenters. The molecule has 0 bridgehead atoms. The van der Waals surface area contributed by atoms with Gasteiger partial charge in [0.25, 0.3) is 0 Å². The third kappa shape index (κ3) is 3.32. The first-order chi connectivity index (χ1) is 14.9. The summed E-state index contributed by atoms with van der Waals surface area (Å²) in [5.74, 6) is 1.47. The van der Waals surface area contributed by atoms with Gasteiger partial charge in [-0.05, 0) is 64.2 Å². The van der Waals surface area contributed by atoms with Crippen molar-refractivity contribution < 1.29 is 4.52 Å². The molecule has 8 nitrogen and oxygen atoms in total. The summed E-state index contributed by atoms with van der Waals surface area (Å²) < 4.78 is 7.42. The van der Waals surface area contributed by atoms with Gasteiger partial charge in [0.15, 0.2) is 0 Å². The Balaban J connectivity index is 1.62. The van der Waals surface area contributed by atoms with Crippen LogP contribution < -0.4 is 11.5 Å². The highest BCUT2D eigenvalue weighted by molar-refractivity contribution is 5.71. The molecule has 31 heavy (non-hydrogen) atoms. The second-order valence-electron chi connectivity index (χ2n) is 8.71. The van der Waals surface area contributed by atoms with Gasteiger partial charge in [0.2, 0.25) is 0 Å². The molecule has 0 aliphatic heterocycles. The average molecular weight is 418 g/mol. The van der Waals surface area contributed by atoms with Crippen molar-refractivity contribution in [3.8, 4) is 22.5 Å². The fourth-order valence-corrected chi connectivity index (χ4v) is 4.52. The zero-order valence-electron chi connectivity index (χ0n) is 18.1. The van der Waals surface area contributed by atoms with E-state index in [1.54, 1.807) is 0 Å². The molecule has 1 aliphatic carbocycles. The number of fused-ring (bicyclic) bond motifs is 1. The van der Waals surface area contributed by atoms with Crippen LogP contribution in [0.15, 0.2) is 35.2 Å². The molecule has 0 amide bonds. The second kappa shape index (κ2) is 7.25. The normalized spacial score (nSPS) is 21.6. The Bertz CT molecular complexity index is 1240. The Morgan fingerprint density at radius 2 is 1.87 bits per heavy atom. The average Bonchev–Trinajstić information content (AvgIpc) is 3.33. The molecule has 0 spiro atoms. The molecule has 8 heteroatoms. The summed E-state index contributed by atoms with van der Waals surface area (Å²) in [6, 6.07) is 4.25. The topological polar surface area (TPSA) is 121 Å². The molecule has 4 heterocycles. The Hall–Kier alpha value is -3.10. The van der Waals surface area contributed by atoms with Gasteiger partial charge in [-0.2, -0.15) is 0 Å². The maximum Gasteiger partial charge on any atom is 0.148 e. The SMILES string of the molecule is Cc1cnc(C2(N)CCC(N)CC2)nc1-c1cnc2ccc(-c3c(C)noc3C)cn12. The highest BCUT2D eigenvalue weighted by Crippen LogP contribution is 2.34. The zero-order chi connectivity index (χ0) is 21.8. The van der Waals surface area contributed by atoms with Crippen molar-refractivity contribution in [2.75, 3.05) is 0 Å². The van der Waals surface area contributed by atoms with Gasteiger partial charge in [0, 0.05) is 29.6 Å². The number of rotatable bonds is 3. The standard InChI is InChI=1S/C23H27N7O/c1-13-10-27-22(23(25)8-6-17(24)7-9-23)28-21(13)18-11-26-19-5-4-16(12-30(18)19)20-14(2)29-31-15(20)3/h4-5,10-12,17H,6-9,24-25H2,1-3H3. The van der Waals surface area contributed by atoms with Gasteiger partial charge in [-0.3, -0.25) is 4.40 Å². The first-order valence-corrected chi connectivity index (χ1v) is 10.6. The van der Waals surface area contributed by atoms with E-state index < -0.39 is 5.54 Å². The summed E-state index contributed by atoms with van der Waals surface area (Å²) in [5, 5.41) is 4.09. The summed E-state index contributed by atoms with van der Waals surface area (Å²) in [4.78, 5) is 14.1. The van der Waals surface area contributed by atoms with Crippen molar-refractivity contribution in [2.45, 2.75) is 58.0 Å². The molecular weight excluding hydrogens is 390 g/mol. The van der Waals surface area contributed by atoms with Gasteiger partial charge < -0.3 is 16.0 Å². The Morgan fingerprint density at radius 3 is 2.58 bits per heavy atom. The van der Waals surface area contributed by atoms with E-state index in [0.717, 1.165) is 70.9 Å². The van der Waals surface area contributed by atoms with Crippen LogP contribution in [0.3, 0.4) is 0 Å². The predicted octanol–water partition coefficient (Wildman–Crippen LogP) is 3.43. The number of imidazole rings is 1. The van der Waals surface area contributed by atoms with E-state index >= 15 is 0 Å². The quantitative estimate of drug-likeness (QED) is 0.524. The van der Waals surface area contributed by atoms with Crippen LogP contribution in [0.25, 0.3) is 28.2 Å². The fraction of sp³-hybridized carbons (Fsp3) is 0.391. The molecule has 4 N–H and O–H groups in total. The largest absolute Gasteiger partial charge is 0.361 e. The molecule has 5 rings (SSSR count). The van der Waals surface area contributed by atoms with E-state index in [0.29, 0.717) is 5.82 Å². The van der Waals surface area contributed by atoms with Gasteiger partial charge in [-0.15, -0.1) is 0 Å². The number of aromatic nitrogens is 5. The van der Waals surface area contributed by atoms with Gasteiger partial charge in [0.1, 0.15) is 17.2 Å². The van der Waals surface area contributed by atoms with E-state index in [4.69, 9.17) is 21.0 Å². The molecule has 1 aliphatic rings. The van der Waals surface area contributed by atoms with Crippen LogP contribution in [0.1, 0.15) is 48.5 Å². The zero-order valence-corrected chi connectivity index (χ0v) is 18.1. The van der Waals surface area contributed by atoms with Crippen LogP contribution in [-0.4, -0.2) is 30.6 Å². The molecule has 1 fully saturated rings. The molecule has 0 aromatic carbocycles. The molecule has 0 saturated heterocycles. The van der Waals surface area contributed by atoms with E-state index in [-0.39, 0.29) is 6.04 Å². The smallest absolute Gasteiger partial charge is 0.148 e. The van der Waals surface area contributed by atoms with Crippen LogP contribution in [0.2, 0.25) is 0 Å². The van der Waals surface area contributed by atoms with Crippen LogP contribution in [0, 0.1) is 20.8 Å². The van der Waals surface area contributed by atoms with E-state index in [1.807, 2.05) is 45.3 Å². The van der Waals surface area contributed by atoms with Gasteiger partial charge in [0.05, 0.1) is 28.8 Å². The second-order valence-corrected chi connectivity index (χ2v) is 8.71. The maximum atomic E-state index is 6.73. The summed E-state index contributed by atoms with van der Waals surface area (Å²) in [6.07, 6.45) is 9.13. The van der Waals surface area contributed by atoms with Gasteiger partial charge in [-0.1, -0.05) is 5.16 Å². The molecule has 4 aromatic heterocycles. The Morgan fingerprint density at radius 1 is 1.10 bits per heavy atom. The van der Waals surface area contributed by atoms with Gasteiger partial charge in [-0.25, -0.2) is 15.0 Å². The van der Waals surface area contributed by atoms with Crippen molar-refractivity contribution in [3.63, 3.8) is 0 Å². The van der Waals surface area contributed by atoms with E-state index in [2.05, 4.69) is 25.7 Å². The van der Waals surface area contributed by atoms with Crippen molar-refractivity contribution >= 4 is 5.65 Å². The van der Waals surface area contributed by atoms with Crippen LogP contribution >= 0.6 is 0 Å². The number of nitrogens with zero attached hydrogens (tertiary/aromatic N) is 5. The third-order valence-corrected chi connectivity index (χ3v) is 6.41. The third-order valence-electron chi connectivity index (χ3n) is 6.41. The highest BCUT2D eigenvalue weighted by atomic mass is 16.5. The Kier molecular flexibility index (Phi) is 4.64. The molecule has 0 radical (unpaired) electrons. The van der Waals surface area contributed by atoms with Gasteiger partial charge >= 0.3 is 0 Å². The minimum absolute atomic E-state index is 0.211. The first kappa shape index (κ1) is 19.8. The number of pyridine rings is 1. The highest BCUT2D eigenvalue weighted by Gasteiger charge is 2.35. The summed E-state index contributed by atoms with van der Waals surface area (Å²) in [7, 11) is 0. The van der Waals surface area contributed by atoms with Crippen LogP contribution in [0.4, 0.5) is 0 Å². The van der Waals surface area contributed by atoms with E-state index in [1.165, 1.54) is 0 Å². The molecule has 160 valence electrons. The molecule has 4 aromatic rings. The predicted molar refractivity (Wildman–Crippen MR) is 118 cm³/mol. The van der Waals surface area contributed by atoms with Crippen molar-refractivity contribution in [1.29, 1.82) is 0 Å². The Labute approximate surface area is 180 Å². The summed E-state index contributed by atoms with van der Waals surface area (Å²) >= 11 is 0. The van der Waals surface area contributed by atoms with Crippen LogP contribution in [-0.2, 0) is 5.54 Å². The minimum Gasteiger partial charge on any atom is -0.361 e. The van der Waals surface area contributed by atoms with Crippen molar-refractivity contribution in [1.82, 2.24) is 24.5 Å². The van der Waals surface area contributed by atoms with E-state index in [9.17, 15) is 0 Å². The summed E-state index contributed by atoms with van der Waals surface area (Å²) in [6.45, 7) is 5.88. The fourth-order valence-electron chi connectivity index (χ4n) is 4.52.